The van der Waals surface area contributed by atoms with Gasteiger partial charge in [-0.05, 0) is 36.2 Å². The van der Waals surface area contributed by atoms with Crippen LogP contribution < -0.4 is 5.32 Å². The van der Waals surface area contributed by atoms with Gasteiger partial charge in [-0.2, -0.15) is 0 Å². The summed E-state index contributed by atoms with van der Waals surface area (Å²) < 4.78 is 2.04. The molecule has 0 fully saturated rings. The average Bonchev–Trinajstić information content (AvgIpc) is 2.83. The lowest BCUT2D eigenvalue weighted by atomic mass is 10.0. The number of hydrogen-bond acceptors (Lipinski definition) is 3. The van der Waals surface area contributed by atoms with E-state index < -0.39 is 6.10 Å². The third-order valence-corrected chi connectivity index (χ3v) is 4.34. The van der Waals surface area contributed by atoms with Gasteiger partial charge in [0.2, 0.25) is 0 Å². The number of aromatic nitrogens is 2. The fourth-order valence-corrected chi connectivity index (χ4v) is 2.94. The van der Waals surface area contributed by atoms with Crippen molar-refractivity contribution in [3.63, 3.8) is 0 Å². The predicted molar refractivity (Wildman–Crippen MR) is 93.6 cm³/mol. The van der Waals surface area contributed by atoms with E-state index in [2.05, 4.69) is 10.3 Å². The van der Waals surface area contributed by atoms with Crippen LogP contribution in [0, 0.1) is 6.92 Å². The van der Waals surface area contributed by atoms with Gasteiger partial charge < -0.3 is 15.0 Å². The van der Waals surface area contributed by atoms with E-state index in [0.29, 0.717) is 18.1 Å². The molecule has 0 aliphatic carbocycles. The molecule has 1 heterocycles. The highest BCUT2D eigenvalue weighted by Crippen LogP contribution is 2.20. The Balaban J connectivity index is 1.67. The van der Waals surface area contributed by atoms with E-state index in [0.717, 1.165) is 28.0 Å². The number of nitrogens with one attached hydrogen (secondary N) is 1. The number of imidazole rings is 1. The Morgan fingerprint density at radius 2 is 2.04 bits per heavy atom. The smallest absolute Gasteiger partial charge is 0.123 e. The molecule has 3 aromatic rings. The summed E-state index contributed by atoms with van der Waals surface area (Å²) in [5.41, 5.74) is 3.98. The van der Waals surface area contributed by atoms with Crippen molar-refractivity contribution in [2.24, 2.45) is 7.05 Å². The third kappa shape index (κ3) is 3.39. The number of rotatable bonds is 5. The van der Waals surface area contributed by atoms with Crippen LogP contribution in [0.1, 0.15) is 23.1 Å². The molecule has 0 spiro atoms. The molecule has 5 heteroatoms. The minimum absolute atomic E-state index is 0.481. The number of benzene rings is 2. The first kappa shape index (κ1) is 16.0. The van der Waals surface area contributed by atoms with Crippen LogP contribution in [0.15, 0.2) is 42.5 Å². The van der Waals surface area contributed by atoms with Gasteiger partial charge in [0.15, 0.2) is 0 Å². The van der Waals surface area contributed by atoms with Crippen LogP contribution in [0.5, 0.6) is 0 Å². The predicted octanol–water partition coefficient (Wildman–Crippen LogP) is 3.36. The molecule has 120 valence electrons. The highest BCUT2D eigenvalue weighted by atomic mass is 35.5. The molecule has 1 atom stereocenters. The summed E-state index contributed by atoms with van der Waals surface area (Å²) in [5.74, 6) is 0.916. The summed E-state index contributed by atoms with van der Waals surface area (Å²) in [6.45, 7) is 3.08. The zero-order chi connectivity index (χ0) is 16.4. The molecular weight excluding hydrogens is 310 g/mol. The van der Waals surface area contributed by atoms with Crippen molar-refractivity contribution in [3.05, 3.63) is 64.4 Å². The zero-order valence-electron chi connectivity index (χ0n) is 13.3. The van der Waals surface area contributed by atoms with E-state index in [9.17, 15) is 5.11 Å². The quantitative estimate of drug-likeness (QED) is 0.754. The summed E-state index contributed by atoms with van der Waals surface area (Å²) in [7, 11) is 1.98. The molecule has 2 N–H and O–H groups in total. The highest BCUT2D eigenvalue weighted by molar-refractivity contribution is 6.31. The van der Waals surface area contributed by atoms with E-state index in [-0.39, 0.29) is 0 Å². The lowest BCUT2D eigenvalue weighted by Crippen LogP contribution is -2.23. The zero-order valence-corrected chi connectivity index (χ0v) is 14.0. The number of hydrogen-bond donors (Lipinski definition) is 2. The van der Waals surface area contributed by atoms with Gasteiger partial charge in [-0.15, -0.1) is 0 Å². The largest absolute Gasteiger partial charge is 0.387 e. The maximum absolute atomic E-state index is 10.3. The molecule has 1 unspecified atom stereocenters. The first-order chi connectivity index (χ1) is 11.1. The van der Waals surface area contributed by atoms with Crippen LogP contribution in [-0.4, -0.2) is 21.2 Å². The molecule has 4 nitrogen and oxygen atoms in total. The van der Waals surface area contributed by atoms with Crippen molar-refractivity contribution in [2.75, 3.05) is 6.54 Å². The minimum Gasteiger partial charge on any atom is -0.387 e. The molecule has 23 heavy (non-hydrogen) atoms. The SMILES string of the molecule is Cc1ccccc1C(O)CNCc1nc2cc(Cl)ccc2n1C. The Morgan fingerprint density at radius 1 is 1.26 bits per heavy atom. The maximum Gasteiger partial charge on any atom is 0.123 e. The van der Waals surface area contributed by atoms with Crippen molar-refractivity contribution < 1.29 is 5.11 Å². The summed E-state index contributed by atoms with van der Waals surface area (Å²) in [6, 6.07) is 13.6. The highest BCUT2D eigenvalue weighted by Gasteiger charge is 2.11. The number of fused-ring (bicyclic) bond motifs is 1. The van der Waals surface area contributed by atoms with Gasteiger partial charge >= 0.3 is 0 Å². The molecule has 0 saturated heterocycles. The summed E-state index contributed by atoms with van der Waals surface area (Å²) in [5, 5.41) is 14.3. The second kappa shape index (κ2) is 6.71. The van der Waals surface area contributed by atoms with Gasteiger partial charge in [-0.3, -0.25) is 0 Å². The Hall–Kier alpha value is -1.88. The van der Waals surface area contributed by atoms with Gasteiger partial charge in [0, 0.05) is 18.6 Å². The summed E-state index contributed by atoms with van der Waals surface area (Å²) in [4.78, 5) is 4.59. The molecule has 3 rings (SSSR count). The Kier molecular flexibility index (Phi) is 4.66. The van der Waals surface area contributed by atoms with Gasteiger partial charge in [0.25, 0.3) is 0 Å². The molecule has 0 radical (unpaired) electrons. The number of nitrogens with zero attached hydrogens (tertiary/aromatic N) is 2. The third-order valence-electron chi connectivity index (χ3n) is 4.10. The van der Waals surface area contributed by atoms with E-state index in [4.69, 9.17) is 11.6 Å². The van der Waals surface area contributed by atoms with Crippen molar-refractivity contribution in [1.82, 2.24) is 14.9 Å². The molecule has 0 amide bonds. The standard InChI is InChI=1S/C18H20ClN3O/c1-12-5-3-4-6-14(12)17(23)10-20-11-18-21-15-9-13(19)7-8-16(15)22(18)2/h3-9,17,20,23H,10-11H2,1-2H3. The molecule has 0 saturated carbocycles. The Morgan fingerprint density at radius 3 is 2.83 bits per heavy atom. The number of aliphatic hydroxyl groups is 1. The molecule has 1 aromatic heterocycles. The van der Waals surface area contributed by atoms with E-state index in [1.807, 2.05) is 61.0 Å². The van der Waals surface area contributed by atoms with Crippen LogP contribution in [0.25, 0.3) is 11.0 Å². The molecule has 0 aliphatic rings. The van der Waals surface area contributed by atoms with Gasteiger partial charge in [0.05, 0.1) is 23.7 Å². The Bertz CT molecular complexity index is 828. The monoisotopic (exact) mass is 329 g/mol. The number of aryl methyl sites for hydroxylation is 2. The molecular formula is C18H20ClN3O. The van der Waals surface area contributed by atoms with Crippen molar-refractivity contribution in [1.29, 1.82) is 0 Å². The second-order valence-corrected chi connectivity index (χ2v) is 6.16. The van der Waals surface area contributed by atoms with Gasteiger partial charge in [0.1, 0.15) is 5.82 Å². The first-order valence-corrected chi connectivity index (χ1v) is 7.99. The first-order valence-electron chi connectivity index (χ1n) is 7.61. The van der Waals surface area contributed by atoms with Gasteiger partial charge in [-0.1, -0.05) is 35.9 Å². The van der Waals surface area contributed by atoms with Crippen molar-refractivity contribution >= 4 is 22.6 Å². The van der Waals surface area contributed by atoms with Crippen LogP contribution in [-0.2, 0) is 13.6 Å². The lowest BCUT2D eigenvalue weighted by molar-refractivity contribution is 0.173. The van der Waals surface area contributed by atoms with Gasteiger partial charge in [-0.25, -0.2) is 4.98 Å². The molecule has 0 aliphatic heterocycles. The normalized spacial score (nSPS) is 12.7. The maximum atomic E-state index is 10.3. The lowest BCUT2D eigenvalue weighted by Gasteiger charge is -2.14. The van der Waals surface area contributed by atoms with Crippen LogP contribution >= 0.6 is 11.6 Å². The average molecular weight is 330 g/mol. The van der Waals surface area contributed by atoms with E-state index in [1.165, 1.54) is 0 Å². The van der Waals surface area contributed by atoms with Crippen LogP contribution in [0.4, 0.5) is 0 Å². The van der Waals surface area contributed by atoms with Crippen LogP contribution in [0.2, 0.25) is 5.02 Å². The van der Waals surface area contributed by atoms with Crippen molar-refractivity contribution in [2.45, 2.75) is 19.6 Å². The second-order valence-electron chi connectivity index (χ2n) is 5.72. The molecule has 2 aromatic carbocycles. The van der Waals surface area contributed by atoms with E-state index in [1.54, 1.807) is 0 Å². The fourth-order valence-electron chi connectivity index (χ4n) is 2.77. The molecule has 0 bridgehead atoms. The van der Waals surface area contributed by atoms with Crippen LogP contribution in [0.3, 0.4) is 0 Å². The fraction of sp³-hybridized carbons (Fsp3) is 0.278. The summed E-state index contributed by atoms with van der Waals surface area (Å²) >= 11 is 6.01. The van der Waals surface area contributed by atoms with E-state index >= 15 is 0 Å². The topological polar surface area (TPSA) is 50.1 Å². The number of halogens is 1. The summed E-state index contributed by atoms with van der Waals surface area (Å²) in [6.07, 6.45) is -0.527. The minimum atomic E-state index is -0.527. The van der Waals surface area contributed by atoms with Crippen molar-refractivity contribution in [3.8, 4) is 0 Å². The Labute approximate surface area is 140 Å². The number of aliphatic hydroxyl groups excluding tert-OH is 1.